The lowest BCUT2D eigenvalue weighted by Crippen LogP contribution is -2.28. The van der Waals surface area contributed by atoms with Gasteiger partial charge in [0.15, 0.2) is 0 Å². The van der Waals surface area contributed by atoms with E-state index in [1.165, 1.54) is 11.8 Å². The van der Waals surface area contributed by atoms with Gasteiger partial charge in [-0.2, -0.15) is 0 Å². The van der Waals surface area contributed by atoms with E-state index in [0.29, 0.717) is 6.54 Å². The molecule has 0 amide bonds. The molecule has 19 heavy (non-hydrogen) atoms. The topological polar surface area (TPSA) is 60.2 Å². The van der Waals surface area contributed by atoms with Gasteiger partial charge in [-0.15, -0.1) is 0 Å². The Morgan fingerprint density at radius 2 is 1.74 bits per heavy atom. The molecular weight excluding hydrogens is 258 g/mol. The summed E-state index contributed by atoms with van der Waals surface area (Å²) in [5.74, 6) is 0.168. The fourth-order valence-corrected chi connectivity index (χ4v) is 4.25. The zero-order chi connectivity index (χ0) is 14.3. The van der Waals surface area contributed by atoms with E-state index in [0.717, 1.165) is 18.4 Å². The smallest absolute Gasteiger partial charge is 0.148 e. The molecule has 0 saturated heterocycles. The molecular formula is C15H23NO2S. The molecule has 1 fully saturated rings. The Balaban J connectivity index is 2.23. The van der Waals surface area contributed by atoms with E-state index in [1.54, 1.807) is 0 Å². The fourth-order valence-electron chi connectivity index (χ4n) is 2.78. The van der Waals surface area contributed by atoms with Crippen LogP contribution in [0.5, 0.6) is 0 Å². The minimum Gasteiger partial charge on any atom is -0.330 e. The highest BCUT2D eigenvalue weighted by molar-refractivity contribution is 7.90. The van der Waals surface area contributed by atoms with Crippen molar-refractivity contribution in [3.05, 3.63) is 35.4 Å². The number of benzene rings is 1. The highest BCUT2D eigenvalue weighted by atomic mass is 32.2. The van der Waals surface area contributed by atoms with Crippen LogP contribution < -0.4 is 5.73 Å². The lowest BCUT2D eigenvalue weighted by molar-refractivity contribution is 0.552. The van der Waals surface area contributed by atoms with E-state index in [2.05, 4.69) is 24.3 Å². The van der Waals surface area contributed by atoms with Gasteiger partial charge >= 0.3 is 0 Å². The molecule has 0 heterocycles. The highest BCUT2D eigenvalue weighted by Crippen LogP contribution is 2.47. The van der Waals surface area contributed by atoms with Crippen LogP contribution >= 0.6 is 0 Å². The van der Waals surface area contributed by atoms with Crippen molar-refractivity contribution in [1.29, 1.82) is 0 Å². The second-order valence-corrected chi connectivity index (χ2v) is 8.66. The monoisotopic (exact) mass is 281 g/mol. The van der Waals surface area contributed by atoms with Crippen LogP contribution in [0.15, 0.2) is 24.3 Å². The number of sulfone groups is 1. The van der Waals surface area contributed by atoms with Crippen molar-refractivity contribution in [2.45, 2.75) is 37.5 Å². The first-order valence-electron chi connectivity index (χ1n) is 6.67. The van der Waals surface area contributed by atoms with E-state index in [9.17, 15) is 8.42 Å². The molecule has 0 radical (unpaired) electrons. The summed E-state index contributed by atoms with van der Waals surface area (Å²) in [5, 5.41) is 0. The summed E-state index contributed by atoms with van der Waals surface area (Å²) in [7, 11) is -2.98. The van der Waals surface area contributed by atoms with Gasteiger partial charge in [0.2, 0.25) is 0 Å². The van der Waals surface area contributed by atoms with Crippen LogP contribution in [0.25, 0.3) is 0 Å². The fraction of sp³-hybridized carbons (Fsp3) is 0.600. The number of hydrogen-bond acceptors (Lipinski definition) is 3. The van der Waals surface area contributed by atoms with Gasteiger partial charge in [0.25, 0.3) is 0 Å². The molecule has 1 aromatic rings. The molecule has 0 aliphatic heterocycles. The maximum Gasteiger partial charge on any atom is 0.148 e. The maximum atomic E-state index is 11.5. The van der Waals surface area contributed by atoms with Gasteiger partial charge in [0.05, 0.1) is 5.75 Å². The third-order valence-electron chi connectivity index (χ3n) is 4.15. The zero-order valence-electron chi connectivity index (χ0n) is 11.9. The number of rotatable bonds is 5. The first kappa shape index (κ1) is 14.5. The van der Waals surface area contributed by atoms with Crippen LogP contribution in [0.2, 0.25) is 0 Å². The lowest BCUT2D eigenvalue weighted by atomic mass is 9.85. The van der Waals surface area contributed by atoms with E-state index >= 15 is 0 Å². The third kappa shape index (κ3) is 3.18. The Kier molecular flexibility index (Phi) is 3.52. The van der Waals surface area contributed by atoms with Crippen LogP contribution in [0.1, 0.15) is 37.8 Å². The van der Waals surface area contributed by atoms with Crippen LogP contribution in [0.3, 0.4) is 0 Å². The second kappa shape index (κ2) is 4.60. The van der Waals surface area contributed by atoms with Gasteiger partial charge in [-0.1, -0.05) is 38.1 Å². The average molecular weight is 281 g/mol. The first-order chi connectivity index (χ1) is 8.69. The molecule has 3 nitrogen and oxygen atoms in total. The Morgan fingerprint density at radius 3 is 2.11 bits per heavy atom. The SMILES string of the molecule is CC(C)(CS(C)(=O)=O)c1ccc(C2(CN)CC2)cc1. The average Bonchev–Trinajstić information content (AvgIpc) is 3.07. The summed E-state index contributed by atoms with van der Waals surface area (Å²) in [6, 6.07) is 8.32. The first-order valence-corrected chi connectivity index (χ1v) is 8.73. The third-order valence-corrected chi connectivity index (χ3v) is 5.39. The summed E-state index contributed by atoms with van der Waals surface area (Å²) >= 11 is 0. The van der Waals surface area contributed by atoms with Gasteiger partial charge in [-0.3, -0.25) is 0 Å². The van der Waals surface area contributed by atoms with Crippen molar-refractivity contribution < 1.29 is 8.42 Å². The Morgan fingerprint density at radius 1 is 1.21 bits per heavy atom. The van der Waals surface area contributed by atoms with Gasteiger partial charge in [0.1, 0.15) is 9.84 Å². The summed E-state index contributed by atoms with van der Waals surface area (Å²) in [4.78, 5) is 0. The Hall–Kier alpha value is -0.870. The largest absolute Gasteiger partial charge is 0.330 e. The van der Waals surface area contributed by atoms with Gasteiger partial charge < -0.3 is 5.73 Å². The van der Waals surface area contributed by atoms with Crippen molar-refractivity contribution >= 4 is 9.84 Å². The van der Waals surface area contributed by atoms with Gasteiger partial charge in [-0.25, -0.2) is 8.42 Å². The van der Waals surface area contributed by atoms with Crippen LogP contribution in [0, 0.1) is 0 Å². The normalized spacial score (nSPS) is 18.3. The van der Waals surface area contributed by atoms with Crippen molar-refractivity contribution in [3.63, 3.8) is 0 Å². The molecule has 0 aromatic heterocycles. The van der Waals surface area contributed by atoms with Crippen LogP contribution in [-0.4, -0.2) is 27.0 Å². The van der Waals surface area contributed by atoms with Gasteiger partial charge in [0, 0.05) is 23.6 Å². The minimum atomic E-state index is -2.98. The predicted molar refractivity (Wildman–Crippen MR) is 79.1 cm³/mol. The molecule has 106 valence electrons. The van der Waals surface area contributed by atoms with Gasteiger partial charge in [-0.05, 0) is 24.0 Å². The quantitative estimate of drug-likeness (QED) is 0.898. The highest BCUT2D eigenvalue weighted by Gasteiger charge is 2.42. The molecule has 2 rings (SSSR count). The lowest BCUT2D eigenvalue weighted by Gasteiger charge is -2.25. The molecule has 0 spiro atoms. The molecule has 1 aromatic carbocycles. The van der Waals surface area contributed by atoms with E-state index < -0.39 is 9.84 Å². The standard InChI is InChI=1S/C15H23NO2S/c1-14(2,11-19(3,17)18)12-4-6-13(7-5-12)15(10-16)8-9-15/h4-7H,8-11,16H2,1-3H3. The molecule has 1 aliphatic carbocycles. The summed E-state index contributed by atoms with van der Waals surface area (Å²) in [6.07, 6.45) is 3.61. The van der Waals surface area contributed by atoms with E-state index in [-0.39, 0.29) is 16.6 Å². The Bertz CT molecular complexity index is 554. The van der Waals surface area contributed by atoms with Crippen molar-refractivity contribution in [2.24, 2.45) is 5.73 Å². The predicted octanol–water partition coefficient (Wildman–Crippen LogP) is 2.00. The summed E-state index contributed by atoms with van der Waals surface area (Å²) in [6.45, 7) is 4.64. The Labute approximate surface area is 116 Å². The summed E-state index contributed by atoms with van der Waals surface area (Å²) < 4.78 is 23.0. The molecule has 0 bridgehead atoms. The molecule has 1 saturated carbocycles. The van der Waals surface area contributed by atoms with Crippen LogP contribution in [0.4, 0.5) is 0 Å². The molecule has 0 unspecified atom stereocenters. The molecule has 0 atom stereocenters. The van der Waals surface area contributed by atoms with E-state index in [4.69, 9.17) is 5.73 Å². The number of nitrogens with two attached hydrogens (primary N) is 1. The minimum absolute atomic E-state index is 0.168. The molecule has 2 N–H and O–H groups in total. The molecule has 4 heteroatoms. The van der Waals surface area contributed by atoms with E-state index in [1.807, 2.05) is 13.8 Å². The van der Waals surface area contributed by atoms with Crippen molar-refractivity contribution in [2.75, 3.05) is 18.6 Å². The number of hydrogen-bond donors (Lipinski definition) is 1. The van der Waals surface area contributed by atoms with Crippen molar-refractivity contribution in [1.82, 2.24) is 0 Å². The molecule has 1 aliphatic rings. The van der Waals surface area contributed by atoms with Crippen LogP contribution in [-0.2, 0) is 20.7 Å². The maximum absolute atomic E-state index is 11.5. The zero-order valence-corrected chi connectivity index (χ0v) is 12.8. The second-order valence-electron chi connectivity index (χ2n) is 6.52. The van der Waals surface area contributed by atoms with Crippen molar-refractivity contribution in [3.8, 4) is 0 Å². The summed E-state index contributed by atoms with van der Waals surface area (Å²) in [5.41, 5.74) is 8.02.